The van der Waals surface area contributed by atoms with Crippen molar-refractivity contribution in [3.63, 3.8) is 0 Å². The Bertz CT molecular complexity index is 971. The molecule has 0 spiro atoms. The highest BCUT2D eigenvalue weighted by atomic mass is 35.5. The third kappa shape index (κ3) is 4.66. The molecule has 0 heterocycles. The van der Waals surface area contributed by atoms with Gasteiger partial charge in [-0.25, -0.2) is 17.5 Å². The molecule has 8 heteroatoms. The van der Waals surface area contributed by atoms with Crippen molar-refractivity contribution in [2.24, 2.45) is 0 Å². The van der Waals surface area contributed by atoms with Crippen LogP contribution in [0.25, 0.3) is 0 Å². The van der Waals surface area contributed by atoms with E-state index in [-0.39, 0.29) is 21.9 Å². The monoisotopic (exact) mass is 410 g/mol. The molecule has 0 aliphatic heterocycles. The van der Waals surface area contributed by atoms with E-state index in [1.165, 1.54) is 42.5 Å². The second-order valence-electron chi connectivity index (χ2n) is 7.12. The Labute approximate surface area is 163 Å². The fraction of sp³-hybridized carbons (Fsp3) is 0.316. The summed E-state index contributed by atoms with van der Waals surface area (Å²) in [5.41, 5.74) is 0.0404. The number of nitrogens with one attached hydrogen (secondary N) is 2. The van der Waals surface area contributed by atoms with E-state index < -0.39 is 21.4 Å². The highest BCUT2D eigenvalue weighted by Gasteiger charge is 2.29. The number of benzene rings is 2. The molecule has 0 saturated heterocycles. The number of sulfonamides is 1. The number of amides is 1. The highest BCUT2D eigenvalue weighted by Crippen LogP contribution is 2.29. The second-order valence-corrected chi connectivity index (χ2v) is 9.24. The third-order valence-electron chi connectivity index (χ3n) is 4.36. The Hall–Kier alpha value is -1.96. The standard InChI is InChI=1S/C19H20ClFN2O3S/c1-19(2,16-10-5-13(21)11-17(16)20)22-18(24)12-3-8-15(9-4-12)27(25,26)23-14-6-7-14/h3-5,8-11,14,23H,6-7H2,1-2H3,(H,22,24). The van der Waals surface area contributed by atoms with Crippen LogP contribution >= 0.6 is 11.6 Å². The largest absolute Gasteiger partial charge is 0.343 e. The van der Waals surface area contributed by atoms with E-state index in [4.69, 9.17) is 11.6 Å². The van der Waals surface area contributed by atoms with Crippen LogP contribution in [0.1, 0.15) is 42.6 Å². The Morgan fingerprint density at radius 2 is 1.78 bits per heavy atom. The van der Waals surface area contributed by atoms with Gasteiger partial charge in [-0.05, 0) is 68.7 Å². The van der Waals surface area contributed by atoms with Gasteiger partial charge in [-0.1, -0.05) is 17.7 Å². The van der Waals surface area contributed by atoms with Crippen LogP contribution in [-0.2, 0) is 15.6 Å². The molecule has 2 N–H and O–H groups in total. The smallest absolute Gasteiger partial charge is 0.251 e. The van der Waals surface area contributed by atoms with Gasteiger partial charge < -0.3 is 5.32 Å². The van der Waals surface area contributed by atoms with Gasteiger partial charge in [0, 0.05) is 16.6 Å². The molecule has 1 fully saturated rings. The molecule has 1 aliphatic carbocycles. The first-order valence-electron chi connectivity index (χ1n) is 8.49. The molecule has 144 valence electrons. The third-order valence-corrected chi connectivity index (χ3v) is 6.21. The maximum atomic E-state index is 13.3. The summed E-state index contributed by atoms with van der Waals surface area (Å²) in [6, 6.07) is 9.72. The van der Waals surface area contributed by atoms with Gasteiger partial charge in [0.05, 0.1) is 10.4 Å². The van der Waals surface area contributed by atoms with E-state index in [1.54, 1.807) is 13.8 Å². The van der Waals surface area contributed by atoms with Crippen molar-refractivity contribution in [1.82, 2.24) is 10.0 Å². The minimum Gasteiger partial charge on any atom is -0.343 e. The van der Waals surface area contributed by atoms with E-state index in [2.05, 4.69) is 10.0 Å². The number of rotatable bonds is 6. The van der Waals surface area contributed by atoms with E-state index in [9.17, 15) is 17.6 Å². The average Bonchev–Trinajstić information content (AvgIpc) is 3.37. The molecule has 0 bridgehead atoms. The van der Waals surface area contributed by atoms with Gasteiger partial charge in [0.15, 0.2) is 0 Å². The SMILES string of the molecule is CC(C)(NC(=O)c1ccc(S(=O)(=O)NC2CC2)cc1)c1ccc(F)cc1Cl. The topological polar surface area (TPSA) is 75.3 Å². The molecule has 0 radical (unpaired) electrons. The lowest BCUT2D eigenvalue weighted by Gasteiger charge is -2.28. The van der Waals surface area contributed by atoms with Crippen LogP contribution in [0.15, 0.2) is 47.4 Å². The summed E-state index contributed by atoms with van der Waals surface area (Å²) in [5, 5.41) is 3.05. The molecule has 3 rings (SSSR count). The van der Waals surface area contributed by atoms with E-state index >= 15 is 0 Å². The summed E-state index contributed by atoms with van der Waals surface area (Å²) < 4.78 is 40.2. The number of carbonyl (C=O) groups excluding carboxylic acids is 1. The minimum absolute atomic E-state index is 0.0132. The normalized spacial score (nSPS) is 14.8. The zero-order valence-corrected chi connectivity index (χ0v) is 16.5. The maximum absolute atomic E-state index is 13.3. The Morgan fingerprint density at radius 1 is 1.15 bits per heavy atom. The summed E-state index contributed by atoms with van der Waals surface area (Å²) in [6.07, 6.45) is 1.70. The second kappa shape index (κ2) is 7.22. The van der Waals surface area contributed by atoms with Crippen molar-refractivity contribution < 1.29 is 17.6 Å². The average molecular weight is 411 g/mol. The first-order valence-corrected chi connectivity index (χ1v) is 10.3. The van der Waals surface area contributed by atoms with Gasteiger partial charge in [0.1, 0.15) is 5.82 Å². The van der Waals surface area contributed by atoms with E-state index in [0.29, 0.717) is 11.1 Å². The fourth-order valence-corrected chi connectivity index (χ4v) is 4.40. The van der Waals surface area contributed by atoms with Crippen LogP contribution in [0, 0.1) is 5.82 Å². The van der Waals surface area contributed by atoms with Gasteiger partial charge in [0.25, 0.3) is 5.91 Å². The molecule has 0 aromatic heterocycles. The van der Waals surface area contributed by atoms with E-state index in [1.807, 2.05) is 0 Å². The fourth-order valence-electron chi connectivity index (χ4n) is 2.69. The summed E-state index contributed by atoms with van der Waals surface area (Å²) in [7, 11) is -3.56. The minimum atomic E-state index is -3.56. The number of carbonyl (C=O) groups is 1. The van der Waals surface area contributed by atoms with Crippen LogP contribution in [0.5, 0.6) is 0 Å². The van der Waals surface area contributed by atoms with Crippen molar-refractivity contribution in [2.45, 2.75) is 43.2 Å². The first kappa shape index (κ1) is 19.8. The molecule has 27 heavy (non-hydrogen) atoms. The maximum Gasteiger partial charge on any atom is 0.251 e. The molecule has 1 aliphatic rings. The zero-order chi connectivity index (χ0) is 19.8. The summed E-state index contributed by atoms with van der Waals surface area (Å²) in [4.78, 5) is 12.7. The zero-order valence-electron chi connectivity index (χ0n) is 14.9. The van der Waals surface area contributed by atoms with Crippen LogP contribution < -0.4 is 10.0 Å². The van der Waals surface area contributed by atoms with Crippen molar-refractivity contribution in [3.05, 3.63) is 64.4 Å². The Kier molecular flexibility index (Phi) is 5.29. The van der Waals surface area contributed by atoms with Crippen LogP contribution in [0.2, 0.25) is 5.02 Å². The van der Waals surface area contributed by atoms with Crippen molar-refractivity contribution in [1.29, 1.82) is 0 Å². The molecule has 5 nitrogen and oxygen atoms in total. The summed E-state index contributed by atoms with van der Waals surface area (Å²) in [6.45, 7) is 3.50. The number of hydrogen-bond donors (Lipinski definition) is 2. The number of halogens is 2. The Morgan fingerprint density at radius 3 is 2.33 bits per heavy atom. The molecule has 1 saturated carbocycles. The molecule has 0 atom stereocenters. The summed E-state index contributed by atoms with van der Waals surface area (Å²) >= 11 is 6.10. The number of hydrogen-bond acceptors (Lipinski definition) is 3. The van der Waals surface area contributed by atoms with E-state index in [0.717, 1.165) is 12.8 Å². The highest BCUT2D eigenvalue weighted by molar-refractivity contribution is 7.89. The van der Waals surface area contributed by atoms with Crippen molar-refractivity contribution in [3.8, 4) is 0 Å². The molecule has 2 aromatic carbocycles. The van der Waals surface area contributed by atoms with Gasteiger partial charge >= 0.3 is 0 Å². The predicted octanol–water partition coefficient (Wildman–Crippen LogP) is 3.58. The lowest BCUT2D eigenvalue weighted by atomic mass is 9.93. The molecular formula is C19H20ClFN2O3S. The molecule has 2 aromatic rings. The predicted molar refractivity (Wildman–Crippen MR) is 102 cm³/mol. The van der Waals surface area contributed by atoms with Crippen molar-refractivity contribution >= 4 is 27.5 Å². The van der Waals surface area contributed by atoms with Gasteiger partial charge in [-0.2, -0.15) is 0 Å². The molecule has 1 amide bonds. The van der Waals surface area contributed by atoms with Gasteiger partial charge in [-0.15, -0.1) is 0 Å². The quantitative estimate of drug-likeness (QED) is 0.764. The first-order chi connectivity index (χ1) is 12.6. The van der Waals surface area contributed by atoms with Crippen LogP contribution in [0.4, 0.5) is 4.39 Å². The van der Waals surface area contributed by atoms with Crippen molar-refractivity contribution in [2.75, 3.05) is 0 Å². The van der Waals surface area contributed by atoms with Crippen LogP contribution in [0.3, 0.4) is 0 Å². The molecular weight excluding hydrogens is 391 g/mol. The molecule has 0 unspecified atom stereocenters. The van der Waals surface area contributed by atoms with Crippen LogP contribution in [-0.4, -0.2) is 20.4 Å². The lowest BCUT2D eigenvalue weighted by Crippen LogP contribution is -2.41. The summed E-state index contributed by atoms with van der Waals surface area (Å²) in [5.74, 6) is -0.845. The Balaban J connectivity index is 1.75. The van der Waals surface area contributed by atoms with Gasteiger partial charge in [0.2, 0.25) is 10.0 Å². The van der Waals surface area contributed by atoms with Gasteiger partial charge in [-0.3, -0.25) is 4.79 Å². The lowest BCUT2D eigenvalue weighted by molar-refractivity contribution is 0.0912.